The largest absolute Gasteiger partial charge is 2.00 e. The van der Waals surface area contributed by atoms with Gasteiger partial charge in [-0.1, -0.05) is 0 Å². The van der Waals surface area contributed by atoms with Crippen LogP contribution in [0.2, 0.25) is 0 Å². The summed E-state index contributed by atoms with van der Waals surface area (Å²) in [5.74, 6) is 0. The van der Waals surface area contributed by atoms with E-state index < -0.39 is 0 Å². The molecule has 58 valence electrons. The molecule has 0 amide bonds. The smallest absolute Gasteiger partial charge is 1.00 e. The molecule has 0 radical (unpaired) electrons. The van der Waals surface area contributed by atoms with Crippen LogP contribution < -0.4 is 5.32 Å². The minimum Gasteiger partial charge on any atom is -1.00 e. The molecule has 1 unspecified atom stereocenters. The molecule has 2 N–H and O–H groups in total. The Morgan fingerprint density at radius 2 is 2.00 bits per heavy atom. The number of nitrogens with one attached hydrogen (secondary N) is 1. The first-order valence-corrected chi connectivity index (χ1v) is 3.43. The molecule has 1 heterocycles. The van der Waals surface area contributed by atoms with Crippen molar-refractivity contribution >= 4 is 37.7 Å². The molecule has 0 aromatic rings. The average Bonchev–Trinajstić information content (AvgIpc) is 1.90. The molecule has 0 bridgehead atoms. The van der Waals surface area contributed by atoms with Crippen molar-refractivity contribution in [1.29, 1.82) is 0 Å². The van der Waals surface area contributed by atoms with E-state index in [1.165, 1.54) is 0 Å². The van der Waals surface area contributed by atoms with Crippen LogP contribution in [0.5, 0.6) is 0 Å². The summed E-state index contributed by atoms with van der Waals surface area (Å²) in [6, 6.07) is 0. The molecule has 0 aromatic heterocycles. The van der Waals surface area contributed by atoms with Gasteiger partial charge in [-0.2, -0.15) is 0 Å². The van der Waals surface area contributed by atoms with Crippen molar-refractivity contribution in [2.45, 2.75) is 13.2 Å². The van der Waals surface area contributed by atoms with E-state index in [0.717, 1.165) is 26.2 Å². The van der Waals surface area contributed by atoms with Crippen LogP contribution in [0.25, 0.3) is 0 Å². The second kappa shape index (κ2) is 5.75. The van der Waals surface area contributed by atoms with E-state index in [2.05, 4.69) is 10.2 Å². The SMILES string of the molecule is CC(O)N1CCNCC1.[Ca+2].[H-].[H-]. The van der Waals surface area contributed by atoms with E-state index in [0.29, 0.717) is 0 Å². The van der Waals surface area contributed by atoms with Crippen LogP contribution in [0.3, 0.4) is 0 Å². The third-order valence-electron chi connectivity index (χ3n) is 1.68. The van der Waals surface area contributed by atoms with Gasteiger partial charge < -0.3 is 13.3 Å². The van der Waals surface area contributed by atoms with Crippen molar-refractivity contribution in [3.63, 3.8) is 0 Å². The standard InChI is InChI=1S/C6H14N2O.Ca.2H/c1-6(9)8-4-2-7-3-5-8;;;/h6-7,9H,2-5H2,1H3;;;/q;+2;2*-1. The fourth-order valence-electron chi connectivity index (χ4n) is 1.06. The van der Waals surface area contributed by atoms with E-state index >= 15 is 0 Å². The van der Waals surface area contributed by atoms with Crippen LogP contribution >= 0.6 is 0 Å². The second-order valence-corrected chi connectivity index (χ2v) is 2.42. The third kappa shape index (κ3) is 3.51. The fraction of sp³-hybridized carbons (Fsp3) is 1.00. The molecule has 1 fully saturated rings. The van der Waals surface area contributed by atoms with Gasteiger partial charge in [-0.15, -0.1) is 0 Å². The zero-order valence-corrected chi connectivity index (χ0v) is 8.72. The van der Waals surface area contributed by atoms with Crippen LogP contribution in [-0.2, 0) is 0 Å². The molecular weight excluding hydrogens is 156 g/mol. The molecule has 10 heavy (non-hydrogen) atoms. The normalized spacial score (nSPS) is 23.4. The number of hydrogen-bond acceptors (Lipinski definition) is 3. The summed E-state index contributed by atoms with van der Waals surface area (Å²) in [6.45, 7) is 5.76. The number of rotatable bonds is 1. The monoisotopic (exact) mass is 172 g/mol. The van der Waals surface area contributed by atoms with E-state index in [9.17, 15) is 0 Å². The molecular formula is C6H16CaN2O. The van der Waals surface area contributed by atoms with Gasteiger partial charge in [-0.05, 0) is 6.92 Å². The Bertz CT molecular complexity index is 91.6. The predicted octanol–water partition coefficient (Wildman–Crippen LogP) is -0.926. The van der Waals surface area contributed by atoms with Crippen molar-refractivity contribution in [2.75, 3.05) is 26.2 Å². The summed E-state index contributed by atoms with van der Waals surface area (Å²) < 4.78 is 0. The summed E-state index contributed by atoms with van der Waals surface area (Å²) in [5.41, 5.74) is 0. The summed E-state index contributed by atoms with van der Waals surface area (Å²) in [7, 11) is 0. The van der Waals surface area contributed by atoms with Gasteiger partial charge in [0.25, 0.3) is 0 Å². The number of aliphatic hydroxyl groups excluding tert-OH is 1. The zero-order valence-electron chi connectivity index (χ0n) is 8.51. The Morgan fingerprint density at radius 1 is 1.50 bits per heavy atom. The molecule has 1 aliphatic heterocycles. The number of piperazine rings is 1. The summed E-state index contributed by atoms with van der Waals surface area (Å²) in [4.78, 5) is 2.05. The zero-order chi connectivity index (χ0) is 6.69. The van der Waals surface area contributed by atoms with Crippen molar-refractivity contribution < 1.29 is 7.96 Å². The van der Waals surface area contributed by atoms with Crippen molar-refractivity contribution in [3.05, 3.63) is 0 Å². The molecule has 4 heteroatoms. The Balaban J connectivity index is -0.000000270. The summed E-state index contributed by atoms with van der Waals surface area (Å²) in [5, 5.41) is 12.3. The molecule has 0 aliphatic carbocycles. The Kier molecular flexibility index (Phi) is 6.40. The Morgan fingerprint density at radius 3 is 2.30 bits per heavy atom. The van der Waals surface area contributed by atoms with Gasteiger partial charge in [0.2, 0.25) is 0 Å². The van der Waals surface area contributed by atoms with E-state index in [1.54, 1.807) is 0 Å². The molecule has 0 spiro atoms. The van der Waals surface area contributed by atoms with Gasteiger partial charge in [0.15, 0.2) is 0 Å². The fourth-order valence-corrected chi connectivity index (χ4v) is 1.06. The van der Waals surface area contributed by atoms with Gasteiger partial charge in [-0.3, -0.25) is 4.90 Å². The van der Waals surface area contributed by atoms with Crippen LogP contribution in [0.15, 0.2) is 0 Å². The van der Waals surface area contributed by atoms with Gasteiger partial charge in [0.05, 0.1) is 0 Å². The minimum atomic E-state index is -0.271. The quantitative estimate of drug-likeness (QED) is 0.502. The molecule has 1 saturated heterocycles. The van der Waals surface area contributed by atoms with Gasteiger partial charge in [0, 0.05) is 26.2 Å². The predicted molar refractivity (Wildman–Crippen MR) is 44.1 cm³/mol. The van der Waals surface area contributed by atoms with E-state index in [1.807, 2.05) is 6.92 Å². The molecule has 3 nitrogen and oxygen atoms in total. The van der Waals surface area contributed by atoms with Gasteiger partial charge in [-0.25, -0.2) is 0 Å². The minimum absolute atomic E-state index is 0. The van der Waals surface area contributed by atoms with Gasteiger partial charge in [0.1, 0.15) is 6.23 Å². The molecule has 0 aromatic carbocycles. The van der Waals surface area contributed by atoms with Crippen molar-refractivity contribution in [3.8, 4) is 0 Å². The molecule has 1 aliphatic rings. The first-order chi connectivity index (χ1) is 4.30. The van der Waals surface area contributed by atoms with Crippen molar-refractivity contribution in [2.24, 2.45) is 0 Å². The maximum Gasteiger partial charge on any atom is 2.00 e. The van der Waals surface area contributed by atoms with Crippen LogP contribution in [-0.4, -0.2) is 80.2 Å². The molecule has 1 atom stereocenters. The van der Waals surface area contributed by atoms with Crippen LogP contribution in [0.4, 0.5) is 0 Å². The third-order valence-corrected chi connectivity index (χ3v) is 1.68. The summed E-state index contributed by atoms with van der Waals surface area (Å²) in [6.07, 6.45) is -0.271. The van der Waals surface area contributed by atoms with Gasteiger partial charge >= 0.3 is 37.7 Å². The first kappa shape index (κ1) is 11.1. The number of nitrogens with zero attached hydrogens (tertiary/aromatic N) is 1. The van der Waals surface area contributed by atoms with Crippen LogP contribution in [0, 0.1) is 0 Å². The first-order valence-electron chi connectivity index (χ1n) is 3.43. The van der Waals surface area contributed by atoms with E-state index in [4.69, 9.17) is 5.11 Å². The maximum absolute atomic E-state index is 9.08. The summed E-state index contributed by atoms with van der Waals surface area (Å²) >= 11 is 0. The molecule has 0 saturated carbocycles. The second-order valence-electron chi connectivity index (χ2n) is 2.42. The number of aliphatic hydroxyl groups is 1. The van der Waals surface area contributed by atoms with E-state index in [-0.39, 0.29) is 46.8 Å². The number of hydrogen-bond donors (Lipinski definition) is 2. The Hall–Kier alpha value is 1.14. The molecule has 1 rings (SSSR count). The van der Waals surface area contributed by atoms with Crippen molar-refractivity contribution in [1.82, 2.24) is 10.2 Å². The topological polar surface area (TPSA) is 35.5 Å². The average molecular weight is 172 g/mol. The Labute approximate surface area is 94.7 Å². The van der Waals surface area contributed by atoms with Crippen LogP contribution in [0.1, 0.15) is 9.78 Å². The maximum atomic E-state index is 9.08.